The summed E-state index contributed by atoms with van der Waals surface area (Å²) in [5.74, 6) is 0. The molecule has 5 rings (SSSR count). The highest BCUT2D eigenvalue weighted by atomic mass is 16.1. The zero-order valence-corrected chi connectivity index (χ0v) is 18.7. The second-order valence-electron chi connectivity index (χ2n) is 7.90. The Kier molecular flexibility index (Phi) is 5.94. The van der Waals surface area contributed by atoms with E-state index in [2.05, 4.69) is 24.9 Å². The highest BCUT2D eigenvalue weighted by molar-refractivity contribution is 5.75. The molecule has 4 bridgehead atoms. The molecule has 0 amide bonds. The largest absolute Gasteiger partial charge is 0.320 e. The van der Waals surface area contributed by atoms with E-state index in [1.165, 1.54) is 18.2 Å². The third-order valence-corrected chi connectivity index (χ3v) is 5.45. The number of hydrogen-bond acceptors (Lipinski definition) is 5. The number of aromatic nitrogens is 5. The van der Waals surface area contributed by atoms with Gasteiger partial charge in [-0.1, -0.05) is 36.4 Å². The SMILES string of the molecule is O=c1[nH]c2ccccc2[nH]c(=O)c2cccc(n2)c(=O)[nH]c2ccccc2[nH]c(=O)c2cccc1c2. The minimum atomic E-state index is -0.554. The molecule has 0 spiro atoms. The Hall–Kier alpha value is -5.31. The van der Waals surface area contributed by atoms with Crippen LogP contribution in [0.5, 0.6) is 0 Å². The fourth-order valence-electron chi connectivity index (χ4n) is 3.65. The summed E-state index contributed by atoms with van der Waals surface area (Å²) in [6, 6.07) is 24.1. The lowest BCUT2D eigenvalue weighted by Gasteiger charge is -1.95. The van der Waals surface area contributed by atoms with Crippen LogP contribution >= 0.6 is 0 Å². The number of H-pyrrole nitrogens is 4. The van der Waals surface area contributed by atoms with Gasteiger partial charge in [0, 0.05) is 10.8 Å². The van der Waals surface area contributed by atoms with Crippen molar-refractivity contribution in [2.45, 2.75) is 0 Å². The maximum Gasteiger partial charge on any atom is 0.274 e. The number of para-hydroxylation sites is 4. The van der Waals surface area contributed by atoms with E-state index in [0.717, 1.165) is 0 Å². The summed E-state index contributed by atoms with van der Waals surface area (Å²) < 4.78 is 0. The number of benzene rings is 3. The third-order valence-electron chi connectivity index (χ3n) is 5.45. The van der Waals surface area contributed by atoms with E-state index in [4.69, 9.17) is 0 Å². The summed E-state index contributed by atoms with van der Waals surface area (Å²) in [6.07, 6.45) is 0. The van der Waals surface area contributed by atoms with Crippen molar-refractivity contribution in [3.63, 3.8) is 0 Å². The number of hydrogen-bond donors (Lipinski definition) is 4. The third kappa shape index (κ3) is 4.66. The molecular formula is C27H19N5O4. The van der Waals surface area contributed by atoms with E-state index in [9.17, 15) is 19.2 Å². The molecule has 0 atom stereocenters. The number of pyridine rings is 1. The normalized spacial score (nSPS) is 10.7. The Bertz CT molecular complexity index is 1760. The standard InChI is InChI=1S/C27H19N5O4/c33-24-16-7-5-8-17(15-16)25(34)30-19-10-2-4-12-21(19)32-27(36)23-14-6-13-22(28-23)26(35)31-20-11-3-1-9-18(20)29-24/h1-15H,(H,29,33)(H,30,34)(H,31,35)(H,32,36). The van der Waals surface area contributed by atoms with Gasteiger partial charge in [-0.2, -0.15) is 0 Å². The molecule has 9 heteroatoms. The van der Waals surface area contributed by atoms with Gasteiger partial charge in [0.2, 0.25) is 0 Å². The minimum absolute atomic E-state index is 0.0131. The van der Waals surface area contributed by atoms with E-state index in [0.29, 0.717) is 22.1 Å². The zero-order valence-electron chi connectivity index (χ0n) is 18.7. The van der Waals surface area contributed by atoms with Crippen molar-refractivity contribution in [3.8, 4) is 0 Å². The van der Waals surface area contributed by atoms with Gasteiger partial charge >= 0.3 is 0 Å². The van der Waals surface area contributed by atoms with E-state index in [1.54, 1.807) is 72.8 Å². The Morgan fingerprint density at radius 2 is 0.778 bits per heavy atom. The molecule has 9 nitrogen and oxygen atoms in total. The molecule has 0 saturated heterocycles. The van der Waals surface area contributed by atoms with Crippen molar-refractivity contribution in [1.29, 1.82) is 0 Å². The maximum atomic E-state index is 13.0. The first kappa shape index (κ1) is 22.5. The molecule has 0 radical (unpaired) electrons. The highest BCUT2D eigenvalue weighted by Gasteiger charge is 1.99. The number of nitrogens with zero attached hydrogens (tertiary/aromatic N) is 1. The van der Waals surface area contributed by atoms with Crippen LogP contribution in [0.2, 0.25) is 0 Å². The second-order valence-corrected chi connectivity index (χ2v) is 7.90. The molecule has 0 aliphatic carbocycles. The van der Waals surface area contributed by atoms with Crippen LogP contribution < -0.4 is 22.2 Å². The first-order valence-electron chi connectivity index (χ1n) is 11.0. The van der Waals surface area contributed by atoms with Gasteiger partial charge in [-0.15, -0.1) is 0 Å². The molecule has 0 aliphatic rings. The van der Waals surface area contributed by atoms with Gasteiger partial charge in [0.05, 0.1) is 22.1 Å². The van der Waals surface area contributed by atoms with E-state index < -0.39 is 22.2 Å². The first-order chi connectivity index (χ1) is 17.5. The predicted octanol–water partition coefficient (Wildman–Crippen LogP) is 3.26. The van der Waals surface area contributed by atoms with Crippen LogP contribution in [0, 0.1) is 0 Å². The van der Waals surface area contributed by atoms with Crippen LogP contribution in [0.3, 0.4) is 0 Å². The molecule has 176 valence electrons. The zero-order chi connectivity index (χ0) is 25.1. The summed E-state index contributed by atoms with van der Waals surface area (Å²) in [5.41, 5.74) is -0.597. The van der Waals surface area contributed by atoms with Gasteiger partial charge < -0.3 is 19.9 Å². The van der Waals surface area contributed by atoms with Crippen molar-refractivity contribution < 1.29 is 0 Å². The van der Waals surface area contributed by atoms with Crippen LogP contribution in [0.1, 0.15) is 0 Å². The average Bonchev–Trinajstić information content (AvgIpc) is 2.90. The minimum Gasteiger partial charge on any atom is -0.320 e. The molecule has 0 unspecified atom stereocenters. The molecule has 0 fully saturated rings. The van der Waals surface area contributed by atoms with Crippen LogP contribution in [0.25, 0.3) is 43.9 Å². The van der Waals surface area contributed by atoms with Crippen LogP contribution in [-0.4, -0.2) is 24.9 Å². The maximum absolute atomic E-state index is 13.0. The molecule has 2 heterocycles. The van der Waals surface area contributed by atoms with Crippen molar-refractivity contribution in [2.75, 3.05) is 0 Å². The molecule has 0 aliphatic heterocycles. The van der Waals surface area contributed by atoms with Gasteiger partial charge in [-0.05, 0) is 54.6 Å². The van der Waals surface area contributed by atoms with Crippen LogP contribution in [0.4, 0.5) is 0 Å². The van der Waals surface area contributed by atoms with Gasteiger partial charge in [0.1, 0.15) is 11.0 Å². The lowest BCUT2D eigenvalue weighted by Crippen LogP contribution is -2.10. The smallest absolute Gasteiger partial charge is 0.274 e. The first-order valence-corrected chi connectivity index (χ1v) is 11.0. The molecule has 5 aromatic rings. The number of fused-ring (bicyclic) bond motifs is 6. The Morgan fingerprint density at radius 3 is 1.19 bits per heavy atom. The molecular weight excluding hydrogens is 458 g/mol. The van der Waals surface area contributed by atoms with E-state index in [1.807, 2.05) is 0 Å². The van der Waals surface area contributed by atoms with Crippen LogP contribution in [0.15, 0.2) is 110 Å². The summed E-state index contributed by atoms with van der Waals surface area (Å²) in [7, 11) is 0. The van der Waals surface area contributed by atoms with Gasteiger partial charge in [-0.3, -0.25) is 19.2 Å². The van der Waals surface area contributed by atoms with Crippen molar-refractivity contribution in [3.05, 3.63) is 132 Å². The Morgan fingerprint density at radius 1 is 0.417 bits per heavy atom. The predicted molar refractivity (Wildman–Crippen MR) is 141 cm³/mol. The van der Waals surface area contributed by atoms with Crippen molar-refractivity contribution in [2.24, 2.45) is 0 Å². The van der Waals surface area contributed by atoms with Gasteiger partial charge in [0.15, 0.2) is 0 Å². The summed E-state index contributed by atoms with van der Waals surface area (Å²) in [5, 5.41) is 0.502. The summed E-state index contributed by atoms with van der Waals surface area (Å²) in [4.78, 5) is 67.0. The van der Waals surface area contributed by atoms with E-state index in [-0.39, 0.29) is 21.8 Å². The van der Waals surface area contributed by atoms with Crippen LogP contribution in [-0.2, 0) is 0 Å². The van der Waals surface area contributed by atoms with Crippen molar-refractivity contribution in [1.82, 2.24) is 24.9 Å². The quantitative estimate of drug-likeness (QED) is 0.271. The lowest BCUT2D eigenvalue weighted by molar-refractivity contribution is 1.26. The fourth-order valence-corrected chi connectivity index (χ4v) is 3.65. The summed E-state index contributed by atoms with van der Waals surface area (Å²) in [6.45, 7) is 0. The van der Waals surface area contributed by atoms with Crippen molar-refractivity contribution >= 4 is 43.9 Å². The topological polar surface area (TPSA) is 144 Å². The fraction of sp³-hybridized carbons (Fsp3) is 0. The highest BCUT2D eigenvalue weighted by Crippen LogP contribution is 2.05. The lowest BCUT2D eigenvalue weighted by atomic mass is 10.2. The average molecular weight is 477 g/mol. The summed E-state index contributed by atoms with van der Waals surface area (Å²) >= 11 is 0. The van der Waals surface area contributed by atoms with E-state index >= 15 is 0 Å². The number of rotatable bonds is 0. The molecule has 4 N–H and O–H groups in total. The molecule has 2 aromatic heterocycles. The number of aromatic amines is 4. The molecule has 0 saturated carbocycles. The molecule has 36 heavy (non-hydrogen) atoms. The Labute approximate surface area is 201 Å². The van der Waals surface area contributed by atoms with Gasteiger partial charge in [-0.25, -0.2) is 4.98 Å². The number of nitrogens with one attached hydrogen (secondary N) is 4. The molecule has 3 aromatic carbocycles. The second kappa shape index (κ2) is 9.51. The monoisotopic (exact) mass is 477 g/mol. The Balaban J connectivity index is 2.04. The van der Waals surface area contributed by atoms with Gasteiger partial charge in [0.25, 0.3) is 22.2 Å².